The highest BCUT2D eigenvalue weighted by molar-refractivity contribution is 5.88. The predicted octanol–water partition coefficient (Wildman–Crippen LogP) is 0.677. The van der Waals surface area contributed by atoms with Gasteiger partial charge in [0.15, 0.2) is 0 Å². The van der Waals surface area contributed by atoms with E-state index in [1.54, 1.807) is 6.07 Å². The van der Waals surface area contributed by atoms with Crippen molar-refractivity contribution in [3.8, 4) is 0 Å². The third-order valence-corrected chi connectivity index (χ3v) is 3.67. The minimum atomic E-state index is -0.846. The molecule has 2 aliphatic rings. The van der Waals surface area contributed by atoms with Gasteiger partial charge in [0.05, 0.1) is 11.1 Å². The molecule has 0 saturated carbocycles. The molecule has 16 heavy (non-hydrogen) atoms. The molecule has 1 aliphatic heterocycles. The average molecular weight is 218 g/mol. The number of fused-ring (bicyclic) bond motifs is 2. The summed E-state index contributed by atoms with van der Waals surface area (Å²) in [4.78, 5) is 10.9. The van der Waals surface area contributed by atoms with Crippen LogP contribution in [0.15, 0.2) is 18.2 Å². The van der Waals surface area contributed by atoms with Crippen LogP contribution in [0.4, 0.5) is 0 Å². The van der Waals surface area contributed by atoms with Crippen LogP contribution in [0.25, 0.3) is 0 Å². The fourth-order valence-electron chi connectivity index (χ4n) is 2.82. The van der Waals surface area contributed by atoms with Crippen molar-refractivity contribution in [1.29, 1.82) is 0 Å². The molecule has 1 atom stereocenters. The van der Waals surface area contributed by atoms with Crippen LogP contribution >= 0.6 is 0 Å². The van der Waals surface area contributed by atoms with Gasteiger partial charge in [-0.1, -0.05) is 6.07 Å². The number of hydrogen-bond acceptors (Lipinski definition) is 3. The van der Waals surface area contributed by atoms with Crippen LogP contribution in [0, 0.1) is 0 Å². The summed E-state index contributed by atoms with van der Waals surface area (Å²) in [5, 5.41) is 15.7. The summed E-state index contributed by atoms with van der Waals surface area (Å²) < 4.78 is 0. The van der Waals surface area contributed by atoms with Gasteiger partial charge in [0.2, 0.25) is 0 Å². The second kappa shape index (κ2) is 3.30. The molecule has 4 heteroatoms. The van der Waals surface area contributed by atoms with Crippen molar-refractivity contribution in [3.05, 3.63) is 34.9 Å². The summed E-state index contributed by atoms with van der Waals surface area (Å²) in [5.41, 5.74) is 2.88. The summed E-state index contributed by atoms with van der Waals surface area (Å²) >= 11 is 0. The van der Waals surface area contributed by atoms with E-state index in [1.807, 2.05) is 12.1 Å². The molecule has 0 aromatic heterocycles. The molecule has 0 radical (unpaired) electrons. The maximum Gasteiger partial charge on any atom is 0.335 e. The van der Waals surface area contributed by atoms with E-state index in [9.17, 15) is 4.79 Å². The Balaban J connectivity index is 2.05. The van der Waals surface area contributed by atoms with Crippen LogP contribution in [0.5, 0.6) is 0 Å². The van der Waals surface area contributed by atoms with Gasteiger partial charge in [-0.05, 0) is 36.1 Å². The zero-order valence-corrected chi connectivity index (χ0v) is 8.92. The molecule has 1 aromatic rings. The summed E-state index contributed by atoms with van der Waals surface area (Å²) in [6, 6.07) is 5.48. The Labute approximate surface area is 93.7 Å². The number of rotatable bonds is 1. The summed E-state index contributed by atoms with van der Waals surface area (Å²) in [5.74, 6) is -0.846. The van der Waals surface area contributed by atoms with Crippen molar-refractivity contribution in [2.45, 2.75) is 18.4 Å². The molecule has 3 rings (SSSR count). The number of carboxylic acids is 1. The molecule has 4 nitrogen and oxygen atoms in total. The molecule has 3 N–H and O–H groups in total. The summed E-state index contributed by atoms with van der Waals surface area (Å²) in [6.07, 6.45) is 2.02. The average Bonchev–Trinajstić information content (AvgIpc) is 2.88. The first-order chi connectivity index (χ1) is 7.71. The number of nitrogens with one attached hydrogen (secondary N) is 2. The Bertz CT molecular complexity index is 450. The Morgan fingerprint density at radius 1 is 1.44 bits per heavy atom. The third kappa shape index (κ3) is 1.27. The molecule has 84 valence electrons. The van der Waals surface area contributed by atoms with Gasteiger partial charge in [0.1, 0.15) is 0 Å². The smallest absolute Gasteiger partial charge is 0.335 e. The summed E-state index contributed by atoms with van der Waals surface area (Å²) in [6.45, 7) is 1.77. The van der Waals surface area contributed by atoms with E-state index in [1.165, 1.54) is 11.1 Å². The maximum absolute atomic E-state index is 10.9. The van der Waals surface area contributed by atoms with Gasteiger partial charge >= 0.3 is 5.97 Å². The van der Waals surface area contributed by atoms with E-state index >= 15 is 0 Å². The van der Waals surface area contributed by atoms with Crippen LogP contribution in [-0.4, -0.2) is 24.3 Å². The Hall–Kier alpha value is -1.39. The minimum absolute atomic E-state index is 0.0480. The van der Waals surface area contributed by atoms with Crippen LogP contribution in [0.1, 0.15) is 27.9 Å². The lowest BCUT2D eigenvalue weighted by Gasteiger charge is -2.24. The lowest BCUT2D eigenvalue weighted by atomic mass is 9.92. The highest BCUT2D eigenvalue weighted by Crippen LogP contribution is 2.38. The Morgan fingerprint density at radius 3 is 3.00 bits per heavy atom. The fraction of sp³-hybridized carbons (Fsp3) is 0.417. The molecule has 1 aliphatic carbocycles. The molecule has 1 aromatic carbocycles. The maximum atomic E-state index is 10.9. The SMILES string of the molecule is O=C(O)c1ccc2c(c1)CCC21CNCN1. The van der Waals surface area contributed by atoms with E-state index in [-0.39, 0.29) is 5.54 Å². The second-order valence-electron chi connectivity index (χ2n) is 4.54. The predicted molar refractivity (Wildman–Crippen MR) is 59.4 cm³/mol. The van der Waals surface area contributed by atoms with Gasteiger partial charge in [0.25, 0.3) is 0 Å². The molecule has 1 unspecified atom stereocenters. The largest absolute Gasteiger partial charge is 0.478 e. The Morgan fingerprint density at radius 2 is 2.31 bits per heavy atom. The van der Waals surface area contributed by atoms with Gasteiger partial charge < -0.3 is 10.4 Å². The number of carboxylic acid groups (broad SMARTS) is 1. The molecule has 1 fully saturated rings. The monoisotopic (exact) mass is 218 g/mol. The highest BCUT2D eigenvalue weighted by atomic mass is 16.4. The molecule has 1 heterocycles. The van der Waals surface area contributed by atoms with Crippen molar-refractivity contribution < 1.29 is 9.90 Å². The van der Waals surface area contributed by atoms with E-state index < -0.39 is 5.97 Å². The number of aromatic carboxylic acids is 1. The first-order valence-electron chi connectivity index (χ1n) is 5.54. The highest BCUT2D eigenvalue weighted by Gasteiger charge is 2.40. The fourth-order valence-corrected chi connectivity index (χ4v) is 2.82. The van der Waals surface area contributed by atoms with E-state index in [2.05, 4.69) is 10.6 Å². The molecule has 1 saturated heterocycles. The summed E-state index contributed by atoms with van der Waals surface area (Å²) in [7, 11) is 0. The molecule has 0 amide bonds. The number of carbonyl (C=O) groups is 1. The minimum Gasteiger partial charge on any atom is -0.478 e. The van der Waals surface area contributed by atoms with Crippen LogP contribution in [-0.2, 0) is 12.0 Å². The van der Waals surface area contributed by atoms with Crippen LogP contribution < -0.4 is 10.6 Å². The van der Waals surface area contributed by atoms with E-state index in [0.29, 0.717) is 5.56 Å². The van der Waals surface area contributed by atoms with E-state index in [0.717, 1.165) is 26.1 Å². The Kier molecular flexibility index (Phi) is 2.02. The van der Waals surface area contributed by atoms with Gasteiger partial charge in [-0.2, -0.15) is 0 Å². The van der Waals surface area contributed by atoms with Crippen LogP contribution in [0.3, 0.4) is 0 Å². The van der Waals surface area contributed by atoms with Crippen molar-refractivity contribution in [2.75, 3.05) is 13.2 Å². The van der Waals surface area contributed by atoms with Crippen molar-refractivity contribution in [3.63, 3.8) is 0 Å². The van der Waals surface area contributed by atoms with Crippen molar-refractivity contribution >= 4 is 5.97 Å². The van der Waals surface area contributed by atoms with E-state index in [4.69, 9.17) is 5.11 Å². The normalized spacial score (nSPS) is 27.2. The molecular formula is C12H14N2O2. The number of benzene rings is 1. The van der Waals surface area contributed by atoms with Gasteiger partial charge in [-0.25, -0.2) is 4.79 Å². The standard InChI is InChI=1S/C12H14N2O2/c15-11(16)9-1-2-10-8(5-9)3-4-12(10)6-13-7-14-12/h1-2,5,13-14H,3-4,6-7H2,(H,15,16). The van der Waals surface area contributed by atoms with Crippen molar-refractivity contribution in [2.24, 2.45) is 0 Å². The molecule has 1 spiro atoms. The van der Waals surface area contributed by atoms with Crippen molar-refractivity contribution in [1.82, 2.24) is 10.6 Å². The quantitative estimate of drug-likeness (QED) is 0.648. The lowest BCUT2D eigenvalue weighted by Crippen LogP contribution is -2.36. The van der Waals surface area contributed by atoms with Gasteiger partial charge in [-0.3, -0.25) is 5.32 Å². The number of hydrogen-bond donors (Lipinski definition) is 3. The van der Waals surface area contributed by atoms with Gasteiger partial charge in [-0.15, -0.1) is 0 Å². The first-order valence-corrected chi connectivity index (χ1v) is 5.54. The lowest BCUT2D eigenvalue weighted by molar-refractivity contribution is 0.0696. The first kappa shape index (κ1) is 9.81. The third-order valence-electron chi connectivity index (χ3n) is 3.67. The topological polar surface area (TPSA) is 61.4 Å². The van der Waals surface area contributed by atoms with Gasteiger partial charge in [0, 0.05) is 13.2 Å². The number of aryl methyl sites for hydroxylation is 1. The zero-order valence-electron chi connectivity index (χ0n) is 8.92. The molecular weight excluding hydrogens is 204 g/mol. The molecule has 0 bridgehead atoms. The zero-order chi connectivity index (χ0) is 11.2. The second-order valence-corrected chi connectivity index (χ2v) is 4.54. The van der Waals surface area contributed by atoms with Crippen LogP contribution in [0.2, 0.25) is 0 Å².